The number of hydrogen-bond acceptors (Lipinski definition) is 3. The predicted molar refractivity (Wildman–Crippen MR) is 47.3 cm³/mol. The second-order valence-corrected chi connectivity index (χ2v) is 4.08. The molecule has 2 N–H and O–H groups in total. The van der Waals surface area contributed by atoms with Crippen molar-refractivity contribution in [3.8, 4) is 0 Å². The summed E-state index contributed by atoms with van der Waals surface area (Å²) in [5, 5.41) is 12.2. The second-order valence-electron chi connectivity index (χ2n) is 2.68. The molecule has 0 saturated carbocycles. The molecule has 10 heavy (non-hydrogen) atoms. The van der Waals surface area contributed by atoms with Crippen molar-refractivity contribution in [3.63, 3.8) is 0 Å². The molecule has 0 aliphatic heterocycles. The lowest BCUT2D eigenvalue weighted by molar-refractivity contribution is 0.0460. The highest BCUT2D eigenvalue weighted by molar-refractivity contribution is 7.99. The van der Waals surface area contributed by atoms with Crippen LogP contribution in [0, 0.1) is 0 Å². The topological polar surface area (TPSA) is 32.3 Å². The second kappa shape index (κ2) is 4.99. The Morgan fingerprint density at radius 2 is 2.10 bits per heavy atom. The first-order valence-corrected chi connectivity index (χ1v) is 4.77. The van der Waals surface area contributed by atoms with E-state index in [0.717, 1.165) is 18.1 Å². The van der Waals surface area contributed by atoms with Crippen LogP contribution in [0.2, 0.25) is 0 Å². The van der Waals surface area contributed by atoms with Crippen molar-refractivity contribution in [2.75, 3.05) is 18.1 Å². The van der Waals surface area contributed by atoms with Crippen LogP contribution in [0.5, 0.6) is 0 Å². The Morgan fingerprint density at radius 1 is 1.50 bits per heavy atom. The monoisotopic (exact) mass is 163 g/mol. The number of rotatable bonds is 5. The molecule has 0 saturated heterocycles. The molecular weight excluding hydrogens is 146 g/mol. The fraction of sp³-hybridized carbons (Fsp3) is 1.00. The van der Waals surface area contributed by atoms with E-state index in [-0.39, 0.29) is 0 Å². The lowest BCUT2D eigenvalue weighted by atomic mass is 10.3. The van der Waals surface area contributed by atoms with Gasteiger partial charge in [-0.05, 0) is 19.6 Å². The first-order valence-electron chi connectivity index (χ1n) is 3.61. The Morgan fingerprint density at radius 3 is 2.50 bits per heavy atom. The number of thioether (sulfide) groups is 1. The quantitative estimate of drug-likeness (QED) is 0.469. The van der Waals surface area contributed by atoms with Gasteiger partial charge in [-0.15, -0.1) is 0 Å². The number of nitrogens with one attached hydrogen (secondary N) is 1. The zero-order chi connectivity index (χ0) is 8.04. The average molecular weight is 163 g/mol. The van der Waals surface area contributed by atoms with Gasteiger partial charge in [0.1, 0.15) is 5.72 Å². The lowest BCUT2D eigenvalue weighted by Gasteiger charge is -2.18. The fourth-order valence-electron chi connectivity index (χ4n) is 0.573. The van der Waals surface area contributed by atoms with Gasteiger partial charge in [0.25, 0.3) is 0 Å². The Bertz CT molecular complexity index is 80.2. The molecule has 0 aliphatic carbocycles. The molecule has 2 nitrogen and oxygen atoms in total. The van der Waals surface area contributed by atoms with Crippen molar-refractivity contribution in [1.82, 2.24) is 5.32 Å². The minimum Gasteiger partial charge on any atom is -0.376 e. The minimum absolute atomic E-state index is 0.714. The van der Waals surface area contributed by atoms with Gasteiger partial charge in [-0.1, -0.05) is 6.92 Å². The summed E-state index contributed by atoms with van der Waals surface area (Å²) in [6, 6.07) is 0. The van der Waals surface area contributed by atoms with Gasteiger partial charge in [0.2, 0.25) is 0 Å². The first-order chi connectivity index (χ1) is 4.56. The molecule has 0 spiro atoms. The van der Waals surface area contributed by atoms with Crippen molar-refractivity contribution >= 4 is 11.8 Å². The Kier molecular flexibility index (Phi) is 5.13. The molecule has 0 radical (unpaired) electrons. The molecule has 0 unspecified atom stereocenters. The molecule has 0 fully saturated rings. The maximum atomic E-state index is 9.20. The molecule has 0 aromatic heterocycles. The van der Waals surface area contributed by atoms with E-state index in [0.29, 0.717) is 0 Å². The molecule has 0 bridgehead atoms. The molecule has 0 heterocycles. The van der Waals surface area contributed by atoms with Gasteiger partial charge >= 0.3 is 0 Å². The van der Waals surface area contributed by atoms with Gasteiger partial charge in [-0.2, -0.15) is 11.8 Å². The van der Waals surface area contributed by atoms with Crippen LogP contribution in [0.3, 0.4) is 0 Å². The summed E-state index contributed by atoms with van der Waals surface area (Å²) in [7, 11) is 0. The lowest BCUT2D eigenvalue weighted by Crippen LogP contribution is -2.40. The van der Waals surface area contributed by atoms with E-state index in [1.165, 1.54) is 0 Å². The van der Waals surface area contributed by atoms with E-state index in [1.54, 1.807) is 13.8 Å². The maximum Gasteiger partial charge on any atom is 0.110 e. The molecule has 0 rings (SSSR count). The highest BCUT2D eigenvalue weighted by Crippen LogP contribution is 1.98. The summed E-state index contributed by atoms with van der Waals surface area (Å²) in [5.74, 6) is 2.22. The number of aliphatic hydroxyl groups is 1. The Hall–Kier alpha value is 0.270. The number of hydrogen-bond donors (Lipinski definition) is 2. The van der Waals surface area contributed by atoms with Gasteiger partial charge < -0.3 is 5.11 Å². The van der Waals surface area contributed by atoms with Gasteiger partial charge in [0.05, 0.1) is 0 Å². The summed E-state index contributed by atoms with van der Waals surface area (Å²) in [4.78, 5) is 0. The van der Waals surface area contributed by atoms with Crippen LogP contribution >= 0.6 is 11.8 Å². The third-order valence-corrected chi connectivity index (χ3v) is 1.91. The summed E-state index contributed by atoms with van der Waals surface area (Å²) >= 11 is 1.88. The highest BCUT2D eigenvalue weighted by Gasteiger charge is 2.08. The van der Waals surface area contributed by atoms with E-state index in [1.807, 2.05) is 11.8 Å². The first kappa shape index (κ1) is 10.3. The maximum absolute atomic E-state index is 9.20. The van der Waals surface area contributed by atoms with Crippen LogP contribution in [0.25, 0.3) is 0 Å². The molecule has 0 atom stereocenters. The van der Waals surface area contributed by atoms with Crippen molar-refractivity contribution in [2.45, 2.75) is 26.5 Å². The Balaban J connectivity index is 3.04. The summed E-state index contributed by atoms with van der Waals surface area (Å²) in [6.07, 6.45) is 0. The van der Waals surface area contributed by atoms with Crippen LogP contribution in [-0.4, -0.2) is 28.9 Å². The zero-order valence-corrected chi connectivity index (χ0v) is 7.79. The standard InChI is InChI=1S/C7H17NOS/c1-4-10-6-5-8-7(2,3)9/h8-9H,4-6H2,1-3H3. The van der Waals surface area contributed by atoms with E-state index >= 15 is 0 Å². The highest BCUT2D eigenvalue weighted by atomic mass is 32.2. The van der Waals surface area contributed by atoms with Crippen molar-refractivity contribution in [3.05, 3.63) is 0 Å². The summed E-state index contributed by atoms with van der Waals surface area (Å²) in [6.45, 7) is 6.52. The van der Waals surface area contributed by atoms with Gasteiger partial charge in [-0.25, -0.2) is 0 Å². The summed E-state index contributed by atoms with van der Waals surface area (Å²) in [5.41, 5.74) is -0.714. The van der Waals surface area contributed by atoms with E-state index in [4.69, 9.17) is 0 Å². The van der Waals surface area contributed by atoms with Crippen LogP contribution in [0.15, 0.2) is 0 Å². The summed E-state index contributed by atoms with van der Waals surface area (Å²) < 4.78 is 0. The predicted octanol–water partition coefficient (Wildman–Crippen LogP) is 1.06. The van der Waals surface area contributed by atoms with Gasteiger partial charge in [0.15, 0.2) is 0 Å². The van der Waals surface area contributed by atoms with Crippen molar-refractivity contribution in [2.24, 2.45) is 0 Å². The molecule has 0 aromatic rings. The molecule has 3 heteroatoms. The van der Waals surface area contributed by atoms with E-state index in [2.05, 4.69) is 12.2 Å². The fourth-order valence-corrected chi connectivity index (χ4v) is 1.11. The molecule has 62 valence electrons. The largest absolute Gasteiger partial charge is 0.376 e. The smallest absolute Gasteiger partial charge is 0.110 e. The van der Waals surface area contributed by atoms with Crippen LogP contribution in [-0.2, 0) is 0 Å². The van der Waals surface area contributed by atoms with Crippen molar-refractivity contribution < 1.29 is 5.11 Å². The average Bonchev–Trinajstić information content (AvgIpc) is 1.78. The van der Waals surface area contributed by atoms with Crippen LogP contribution in [0.1, 0.15) is 20.8 Å². The van der Waals surface area contributed by atoms with Crippen molar-refractivity contribution in [1.29, 1.82) is 0 Å². The van der Waals surface area contributed by atoms with Gasteiger partial charge in [0, 0.05) is 12.3 Å². The SMILES string of the molecule is CCSCCNC(C)(C)O. The zero-order valence-electron chi connectivity index (χ0n) is 6.98. The normalized spacial score (nSPS) is 12.0. The molecule has 0 amide bonds. The Labute approximate surface area is 67.4 Å². The van der Waals surface area contributed by atoms with Crippen LogP contribution < -0.4 is 5.32 Å². The van der Waals surface area contributed by atoms with E-state index in [9.17, 15) is 5.11 Å². The molecule has 0 aliphatic rings. The molecule has 0 aromatic carbocycles. The van der Waals surface area contributed by atoms with E-state index < -0.39 is 5.72 Å². The third kappa shape index (κ3) is 8.27. The van der Waals surface area contributed by atoms with Crippen LogP contribution in [0.4, 0.5) is 0 Å². The molecular formula is C7H17NOS. The minimum atomic E-state index is -0.714. The third-order valence-electron chi connectivity index (χ3n) is 1.01. The van der Waals surface area contributed by atoms with Gasteiger partial charge in [-0.3, -0.25) is 5.32 Å².